The molecule has 88 valence electrons. The molecule has 1 aromatic heterocycles. The summed E-state index contributed by atoms with van der Waals surface area (Å²) in [6, 6.07) is 2.01. The normalized spacial score (nSPS) is 18.1. The summed E-state index contributed by atoms with van der Waals surface area (Å²) in [6.07, 6.45) is 4.62. The Balaban J connectivity index is 1.75. The number of oxime groups is 1. The zero-order valence-corrected chi connectivity index (χ0v) is 10.2. The summed E-state index contributed by atoms with van der Waals surface area (Å²) >= 11 is 1.64. The van der Waals surface area contributed by atoms with Crippen LogP contribution >= 0.6 is 11.3 Å². The summed E-state index contributed by atoms with van der Waals surface area (Å²) in [5, 5.41) is 16.4. The molecule has 1 aromatic rings. The lowest BCUT2D eigenvalue weighted by molar-refractivity contribution is 0.314. The van der Waals surface area contributed by atoms with Crippen LogP contribution in [0.15, 0.2) is 22.0 Å². The predicted octanol–water partition coefficient (Wildman–Crippen LogP) is 2.80. The Morgan fingerprint density at radius 2 is 2.25 bits per heavy atom. The van der Waals surface area contributed by atoms with Gasteiger partial charge in [-0.3, -0.25) is 0 Å². The highest BCUT2D eigenvalue weighted by Crippen LogP contribution is 2.13. The molecule has 2 heterocycles. The van der Waals surface area contributed by atoms with Crippen molar-refractivity contribution in [3.63, 3.8) is 0 Å². The number of hydrogen-bond acceptors (Lipinski definition) is 4. The lowest BCUT2D eigenvalue weighted by Gasteiger charge is -2.13. The molecule has 16 heavy (non-hydrogen) atoms. The van der Waals surface area contributed by atoms with Gasteiger partial charge in [0.25, 0.3) is 0 Å². The first-order valence-corrected chi connectivity index (χ1v) is 6.80. The third-order valence-corrected chi connectivity index (χ3v) is 3.74. The molecule has 0 spiro atoms. The summed E-state index contributed by atoms with van der Waals surface area (Å²) in [4.78, 5) is 2.49. The monoisotopic (exact) mass is 238 g/mol. The number of thiophene rings is 1. The molecule has 4 heteroatoms. The van der Waals surface area contributed by atoms with Crippen LogP contribution in [0.3, 0.4) is 0 Å². The van der Waals surface area contributed by atoms with Crippen LogP contribution in [0.4, 0.5) is 0 Å². The van der Waals surface area contributed by atoms with Gasteiger partial charge in [0.05, 0.1) is 5.71 Å². The Labute approximate surface area is 100 Å². The molecule has 0 bridgehead atoms. The SMILES string of the molecule is O/N=C(/CCCN1CCCC1)c1ccsc1. The third-order valence-electron chi connectivity index (χ3n) is 3.06. The minimum Gasteiger partial charge on any atom is -0.411 e. The van der Waals surface area contributed by atoms with Crippen molar-refractivity contribution in [3.8, 4) is 0 Å². The van der Waals surface area contributed by atoms with E-state index >= 15 is 0 Å². The quantitative estimate of drug-likeness (QED) is 0.486. The Hall–Kier alpha value is -0.870. The van der Waals surface area contributed by atoms with Gasteiger partial charge in [-0.05, 0) is 62.1 Å². The van der Waals surface area contributed by atoms with Crippen molar-refractivity contribution in [2.45, 2.75) is 25.7 Å². The van der Waals surface area contributed by atoms with Crippen molar-refractivity contribution in [1.29, 1.82) is 0 Å². The highest BCUT2D eigenvalue weighted by Gasteiger charge is 2.11. The molecule has 0 saturated carbocycles. The highest BCUT2D eigenvalue weighted by atomic mass is 32.1. The molecule has 1 aliphatic heterocycles. The zero-order chi connectivity index (χ0) is 11.2. The fourth-order valence-electron chi connectivity index (χ4n) is 2.16. The average Bonchev–Trinajstić information content (AvgIpc) is 2.96. The number of rotatable bonds is 5. The lowest BCUT2D eigenvalue weighted by Crippen LogP contribution is -2.21. The fourth-order valence-corrected chi connectivity index (χ4v) is 2.82. The predicted molar refractivity (Wildman–Crippen MR) is 67.6 cm³/mol. The van der Waals surface area contributed by atoms with Crippen molar-refractivity contribution < 1.29 is 5.21 Å². The van der Waals surface area contributed by atoms with Crippen LogP contribution in [-0.4, -0.2) is 35.5 Å². The molecule has 0 atom stereocenters. The van der Waals surface area contributed by atoms with E-state index in [9.17, 15) is 0 Å². The van der Waals surface area contributed by atoms with Gasteiger partial charge < -0.3 is 10.1 Å². The van der Waals surface area contributed by atoms with Gasteiger partial charge in [0.1, 0.15) is 0 Å². The van der Waals surface area contributed by atoms with Crippen LogP contribution in [0, 0.1) is 0 Å². The first-order valence-electron chi connectivity index (χ1n) is 5.86. The third kappa shape index (κ3) is 3.06. The van der Waals surface area contributed by atoms with Crippen LogP contribution in [0.1, 0.15) is 31.2 Å². The van der Waals surface area contributed by atoms with Gasteiger partial charge in [0.15, 0.2) is 0 Å². The second-order valence-corrected chi connectivity index (χ2v) is 4.99. The minimum atomic E-state index is 0.820. The Bertz CT molecular complexity index is 329. The molecule has 0 radical (unpaired) electrons. The molecule has 0 amide bonds. The van der Waals surface area contributed by atoms with E-state index < -0.39 is 0 Å². The van der Waals surface area contributed by atoms with E-state index in [2.05, 4.69) is 10.1 Å². The zero-order valence-electron chi connectivity index (χ0n) is 9.43. The van der Waals surface area contributed by atoms with Gasteiger partial charge in [-0.2, -0.15) is 11.3 Å². The van der Waals surface area contributed by atoms with Crippen molar-refractivity contribution in [2.24, 2.45) is 5.16 Å². The summed E-state index contributed by atoms with van der Waals surface area (Å²) in [5.74, 6) is 0. The van der Waals surface area contributed by atoms with E-state index in [4.69, 9.17) is 5.21 Å². The number of likely N-dealkylation sites (tertiary alicyclic amines) is 1. The lowest BCUT2D eigenvalue weighted by atomic mass is 10.1. The van der Waals surface area contributed by atoms with E-state index in [1.54, 1.807) is 11.3 Å². The second-order valence-electron chi connectivity index (χ2n) is 4.21. The molecule has 3 nitrogen and oxygen atoms in total. The van der Waals surface area contributed by atoms with Crippen molar-refractivity contribution in [1.82, 2.24) is 4.90 Å². The molecule has 1 aliphatic rings. The Kier molecular flexibility index (Phi) is 4.36. The maximum absolute atomic E-state index is 8.97. The van der Waals surface area contributed by atoms with Gasteiger partial charge >= 0.3 is 0 Å². The van der Waals surface area contributed by atoms with Crippen LogP contribution < -0.4 is 0 Å². The highest BCUT2D eigenvalue weighted by molar-refractivity contribution is 7.08. The van der Waals surface area contributed by atoms with Crippen LogP contribution in [0.2, 0.25) is 0 Å². The number of hydrogen-bond donors (Lipinski definition) is 1. The number of nitrogens with zero attached hydrogens (tertiary/aromatic N) is 2. The van der Waals surface area contributed by atoms with Gasteiger partial charge in [-0.1, -0.05) is 5.16 Å². The van der Waals surface area contributed by atoms with E-state index in [1.165, 1.54) is 25.9 Å². The fraction of sp³-hybridized carbons (Fsp3) is 0.583. The van der Waals surface area contributed by atoms with E-state index in [0.29, 0.717) is 0 Å². The molecule has 0 unspecified atom stereocenters. The van der Waals surface area contributed by atoms with Gasteiger partial charge in [-0.25, -0.2) is 0 Å². The topological polar surface area (TPSA) is 35.8 Å². The van der Waals surface area contributed by atoms with Crippen LogP contribution in [0.5, 0.6) is 0 Å². The van der Waals surface area contributed by atoms with Crippen LogP contribution in [0.25, 0.3) is 0 Å². The first kappa shape index (κ1) is 11.6. The summed E-state index contributed by atoms with van der Waals surface area (Å²) in [6.45, 7) is 3.61. The molecular weight excluding hydrogens is 220 g/mol. The molecular formula is C12H18N2OS. The molecule has 1 N–H and O–H groups in total. The van der Waals surface area contributed by atoms with E-state index in [1.807, 2.05) is 16.8 Å². The maximum Gasteiger partial charge on any atom is 0.0876 e. The average molecular weight is 238 g/mol. The maximum atomic E-state index is 8.97. The molecule has 2 rings (SSSR count). The summed E-state index contributed by atoms with van der Waals surface area (Å²) < 4.78 is 0. The summed E-state index contributed by atoms with van der Waals surface area (Å²) in [7, 11) is 0. The molecule has 0 aliphatic carbocycles. The van der Waals surface area contributed by atoms with Crippen molar-refractivity contribution >= 4 is 17.0 Å². The van der Waals surface area contributed by atoms with Gasteiger partial charge in [0.2, 0.25) is 0 Å². The first-order chi connectivity index (χ1) is 7.90. The van der Waals surface area contributed by atoms with Gasteiger partial charge in [-0.15, -0.1) is 0 Å². The smallest absolute Gasteiger partial charge is 0.0876 e. The largest absolute Gasteiger partial charge is 0.411 e. The standard InChI is InChI=1S/C12H18N2OS/c15-13-12(11-5-9-16-10-11)4-3-8-14-6-1-2-7-14/h5,9-10,15H,1-4,6-8H2/b13-12-. The van der Waals surface area contributed by atoms with Gasteiger partial charge in [0, 0.05) is 5.56 Å². The molecule has 1 fully saturated rings. The minimum absolute atomic E-state index is 0.820. The Morgan fingerprint density at radius 3 is 2.88 bits per heavy atom. The van der Waals surface area contributed by atoms with Crippen molar-refractivity contribution in [2.75, 3.05) is 19.6 Å². The van der Waals surface area contributed by atoms with Crippen LogP contribution in [-0.2, 0) is 0 Å². The molecule has 0 aromatic carbocycles. The van der Waals surface area contributed by atoms with Crippen molar-refractivity contribution in [3.05, 3.63) is 22.4 Å². The Morgan fingerprint density at radius 1 is 1.44 bits per heavy atom. The summed E-state index contributed by atoms with van der Waals surface area (Å²) in [5.41, 5.74) is 1.88. The second kappa shape index (κ2) is 6.01. The van der Waals surface area contributed by atoms with E-state index in [0.717, 1.165) is 30.7 Å². The molecule has 1 saturated heterocycles. The van der Waals surface area contributed by atoms with E-state index in [-0.39, 0.29) is 0 Å².